The van der Waals surface area contributed by atoms with Crippen LogP contribution in [0, 0.1) is 0 Å². The molecular formula is C11H24N2O. The number of amides is 1. The number of hydrogen-bond acceptors (Lipinski definition) is 2. The molecule has 3 nitrogen and oxygen atoms in total. The number of carbonyl (C=O) groups is 1. The number of likely N-dealkylation sites (N-methyl/N-ethyl adjacent to an activating group) is 1. The summed E-state index contributed by atoms with van der Waals surface area (Å²) in [7, 11) is 2.11. The van der Waals surface area contributed by atoms with Crippen LogP contribution in [0.1, 0.15) is 34.1 Å². The first kappa shape index (κ1) is 13.4. The van der Waals surface area contributed by atoms with Crippen LogP contribution >= 0.6 is 0 Å². The second kappa shape index (κ2) is 6.82. The highest BCUT2D eigenvalue weighted by molar-refractivity contribution is 5.75. The molecule has 0 aliphatic carbocycles. The molecule has 0 bridgehead atoms. The van der Waals surface area contributed by atoms with Crippen LogP contribution in [-0.4, -0.2) is 48.4 Å². The molecular weight excluding hydrogens is 176 g/mol. The van der Waals surface area contributed by atoms with Crippen molar-refractivity contribution in [1.82, 2.24) is 9.80 Å². The molecule has 0 aromatic heterocycles. The number of hydrogen-bond donors (Lipinski definition) is 0. The van der Waals surface area contributed by atoms with E-state index in [0.717, 1.165) is 19.6 Å². The molecule has 0 radical (unpaired) electrons. The fraction of sp³-hybridized carbons (Fsp3) is 0.909. The van der Waals surface area contributed by atoms with Crippen molar-refractivity contribution >= 4 is 5.91 Å². The molecule has 1 heterocycles. The van der Waals surface area contributed by atoms with Gasteiger partial charge in [-0.05, 0) is 14.0 Å². The quantitative estimate of drug-likeness (QED) is 0.641. The fourth-order valence-electron chi connectivity index (χ4n) is 1.50. The number of rotatable bonds is 1. The Bertz CT molecular complexity index is 171. The molecule has 3 heteroatoms. The number of piperazine rings is 1. The van der Waals surface area contributed by atoms with Gasteiger partial charge in [-0.1, -0.05) is 20.8 Å². The first-order valence-electron chi connectivity index (χ1n) is 5.63. The Labute approximate surface area is 88.1 Å². The Hall–Kier alpha value is -0.570. The van der Waals surface area contributed by atoms with Crippen molar-refractivity contribution < 1.29 is 4.79 Å². The van der Waals surface area contributed by atoms with E-state index in [0.29, 0.717) is 12.5 Å². The van der Waals surface area contributed by atoms with E-state index in [2.05, 4.69) is 18.9 Å². The van der Waals surface area contributed by atoms with Crippen LogP contribution in [0.3, 0.4) is 0 Å². The molecule has 1 rings (SSSR count). The molecule has 1 atom stereocenters. The number of nitrogens with zero attached hydrogens (tertiary/aromatic N) is 2. The summed E-state index contributed by atoms with van der Waals surface area (Å²) in [6.45, 7) is 10.9. The van der Waals surface area contributed by atoms with Crippen LogP contribution in [0.5, 0.6) is 0 Å². The molecule has 14 heavy (non-hydrogen) atoms. The molecule has 0 N–H and O–H groups in total. The minimum atomic E-state index is 0.287. The van der Waals surface area contributed by atoms with E-state index < -0.39 is 0 Å². The third-order valence-corrected chi connectivity index (χ3v) is 2.61. The first-order chi connectivity index (χ1) is 6.65. The summed E-state index contributed by atoms with van der Waals surface area (Å²) < 4.78 is 0. The third kappa shape index (κ3) is 3.66. The van der Waals surface area contributed by atoms with Crippen LogP contribution in [0.4, 0.5) is 0 Å². The van der Waals surface area contributed by atoms with Gasteiger partial charge >= 0.3 is 0 Å². The van der Waals surface area contributed by atoms with Gasteiger partial charge in [0.05, 0.1) is 0 Å². The second-order valence-electron chi connectivity index (χ2n) is 3.52. The van der Waals surface area contributed by atoms with Gasteiger partial charge in [0, 0.05) is 32.1 Å². The maximum Gasteiger partial charge on any atom is 0.222 e. The molecule has 0 aromatic carbocycles. The van der Waals surface area contributed by atoms with E-state index in [1.165, 1.54) is 0 Å². The monoisotopic (exact) mass is 200 g/mol. The van der Waals surface area contributed by atoms with Gasteiger partial charge in [0.1, 0.15) is 0 Å². The molecule has 1 aliphatic heterocycles. The maximum atomic E-state index is 11.3. The minimum absolute atomic E-state index is 0.287. The molecule has 1 saturated heterocycles. The van der Waals surface area contributed by atoms with Crippen molar-refractivity contribution in [1.29, 1.82) is 0 Å². The van der Waals surface area contributed by atoms with Crippen molar-refractivity contribution in [2.45, 2.75) is 40.2 Å². The lowest BCUT2D eigenvalue weighted by Crippen LogP contribution is -2.51. The zero-order chi connectivity index (χ0) is 11.1. The minimum Gasteiger partial charge on any atom is -0.340 e. The molecule has 0 aromatic rings. The largest absolute Gasteiger partial charge is 0.340 e. The third-order valence-electron chi connectivity index (χ3n) is 2.61. The first-order valence-corrected chi connectivity index (χ1v) is 5.63. The van der Waals surface area contributed by atoms with Crippen LogP contribution < -0.4 is 0 Å². The summed E-state index contributed by atoms with van der Waals surface area (Å²) in [5.74, 6) is 0.287. The van der Waals surface area contributed by atoms with E-state index in [9.17, 15) is 4.79 Å². The summed E-state index contributed by atoms with van der Waals surface area (Å²) in [6.07, 6.45) is 0.635. The predicted molar refractivity (Wildman–Crippen MR) is 60.3 cm³/mol. The highest BCUT2D eigenvalue weighted by Gasteiger charge is 2.22. The second-order valence-corrected chi connectivity index (χ2v) is 3.52. The summed E-state index contributed by atoms with van der Waals surface area (Å²) in [6, 6.07) is 0.509. The van der Waals surface area contributed by atoms with E-state index >= 15 is 0 Å². The van der Waals surface area contributed by atoms with Crippen LogP contribution in [-0.2, 0) is 4.79 Å². The maximum absolute atomic E-state index is 11.3. The van der Waals surface area contributed by atoms with Crippen LogP contribution in [0.25, 0.3) is 0 Å². The van der Waals surface area contributed by atoms with E-state index in [1.54, 1.807) is 0 Å². The highest BCUT2D eigenvalue weighted by Crippen LogP contribution is 2.07. The lowest BCUT2D eigenvalue weighted by Gasteiger charge is -2.37. The van der Waals surface area contributed by atoms with Gasteiger partial charge in [-0.15, -0.1) is 0 Å². The van der Waals surface area contributed by atoms with Gasteiger partial charge in [-0.3, -0.25) is 4.79 Å². The zero-order valence-corrected chi connectivity index (χ0v) is 10.2. The molecule has 0 spiro atoms. The van der Waals surface area contributed by atoms with Crippen molar-refractivity contribution in [2.75, 3.05) is 26.7 Å². The van der Waals surface area contributed by atoms with Gasteiger partial charge in [0.15, 0.2) is 0 Å². The van der Waals surface area contributed by atoms with Gasteiger partial charge in [0.25, 0.3) is 0 Å². The average molecular weight is 200 g/mol. The normalized spacial score (nSPS) is 22.6. The molecule has 1 amide bonds. The highest BCUT2D eigenvalue weighted by atomic mass is 16.2. The Morgan fingerprint density at radius 1 is 1.36 bits per heavy atom. The lowest BCUT2D eigenvalue weighted by atomic mass is 10.2. The SMILES string of the molecule is CC.CCC(=O)N1CCN(C)[C@H](C)C1. The molecule has 1 fully saturated rings. The molecule has 1 aliphatic rings. The Morgan fingerprint density at radius 2 is 1.93 bits per heavy atom. The topological polar surface area (TPSA) is 23.6 Å². The van der Waals surface area contributed by atoms with Crippen molar-refractivity contribution in [2.24, 2.45) is 0 Å². The summed E-state index contributed by atoms with van der Waals surface area (Å²) in [5.41, 5.74) is 0. The lowest BCUT2D eigenvalue weighted by molar-refractivity contribution is -0.133. The van der Waals surface area contributed by atoms with Gasteiger partial charge in [0.2, 0.25) is 5.91 Å². The Kier molecular flexibility index (Phi) is 6.54. The average Bonchev–Trinajstić information content (AvgIpc) is 2.24. The van der Waals surface area contributed by atoms with Crippen LogP contribution in [0.15, 0.2) is 0 Å². The molecule has 0 unspecified atom stereocenters. The molecule has 0 saturated carbocycles. The predicted octanol–water partition coefficient (Wildman–Crippen LogP) is 1.59. The van der Waals surface area contributed by atoms with Crippen molar-refractivity contribution in [3.63, 3.8) is 0 Å². The van der Waals surface area contributed by atoms with Gasteiger partial charge in [-0.2, -0.15) is 0 Å². The number of carbonyl (C=O) groups excluding carboxylic acids is 1. The van der Waals surface area contributed by atoms with Crippen molar-refractivity contribution in [3.8, 4) is 0 Å². The summed E-state index contributed by atoms with van der Waals surface area (Å²) in [4.78, 5) is 15.6. The Balaban J connectivity index is 0.000000791. The summed E-state index contributed by atoms with van der Waals surface area (Å²) in [5, 5.41) is 0. The van der Waals surface area contributed by atoms with E-state index in [4.69, 9.17) is 0 Å². The smallest absolute Gasteiger partial charge is 0.222 e. The zero-order valence-electron chi connectivity index (χ0n) is 10.2. The summed E-state index contributed by atoms with van der Waals surface area (Å²) >= 11 is 0. The fourth-order valence-corrected chi connectivity index (χ4v) is 1.50. The van der Waals surface area contributed by atoms with Crippen molar-refractivity contribution in [3.05, 3.63) is 0 Å². The molecule has 84 valence electrons. The van der Waals surface area contributed by atoms with Crippen LogP contribution in [0.2, 0.25) is 0 Å². The van der Waals surface area contributed by atoms with Gasteiger partial charge < -0.3 is 9.80 Å². The Morgan fingerprint density at radius 3 is 2.36 bits per heavy atom. The van der Waals surface area contributed by atoms with E-state index in [1.807, 2.05) is 25.7 Å². The van der Waals surface area contributed by atoms with E-state index in [-0.39, 0.29) is 5.91 Å². The van der Waals surface area contributed by atoms with Gasteiger partial charge in [-0.25, -0.2) is 0 Å². The standard InChI is InChI=1S/C9H18N2O.C2H6/c1-4-9(12)11-6-5-10(3)8(2)7-11;1-2/h8H,4-7H2,1-3H3;1-2H3/t8-;/m1./s1.